The number of rotatable bonds is 7. The molecule has 0 aromatic heterocycles. The zero-order valence-electron chi connectivity index (χ0n) is 14.5. The molecule has 1 aliphatic heterocycles. The summed E-state index contributed by atoms with van der Waals surface area (Å²) in [6.45, 7) is 6.19. The van der Waals surface area contributed by atoms with E-state index in [0.717, 1.165) is 24.1 Å². The molecule has 0 aliphatic carbocycles. The van der Waals surface area contributed by atoms with Gasteiger partial charge in [0.25, 0.3) is 5.91 Å². The summed E-state index contributed by atoms with van der Waals surface area (Å²) >= 11 is 3.35. The van der Waals surface area contributed by atoms with Crippen molar-refractivity contribution in [2.24, 2.45) is 10.7 Å². The third-order valence-electron chi connectivity index (χ3n) is 4.20. The molecule has 1 amide bonds. The number of aliphatic imine (C=N–C) groups is 1. The van der Waals surface area contributed by atoms with Gasteiger partial charge in [0.2, 0.25) is 0 Å². The van der Waals surface area contributed by atoms with Crippen LogP contribution in [0.5, 0.6) is 0 Å². The molecule has 1 aromatic rings. The molecular formula is C17H27BrIN5O. The number of likely N-dealkylation sites (N-methyl/N-ethyl adjacent to an activating group) is 1. The Balaban J connectivity index is 0.00000312. The predicted molar refractivity (Wildman–Crippen MR) is 117 cm³/mol. The molecule has 0 spiro atoms. The van der Waals surface area contributed by atoms with Crippen LogP contribution in [0, 0.1) is 0 Å². The highest BCUT2D eigenvalue weighted by Gasteiger charge is 2.22. The van der Waals surface area contributed by atoms with Gasteiger partial charge < -0.3 is 16.4 Å². The summed E-state index contributed by atoms with van der Waals surface area (Å²) in [6, 6.07) is 7.77. The molecule has 8 heteroatoms. The zero-order valence-corrected chi connectivity index (χ0v) is 18.4. The summed E-state index contributed by atoms with van der Waals surface area (Å²) in [4.78, 5) is 18.8. The molecule has 1 atom stereocenters. The molecule has 2 rings (SSSR count). The van der Waals surface area contributed by atoms with Crippen LogP contribution >= 0.6 is 39.9 Å². The largest absolute Gasteiger partial charge is 0.370 e. The van der Waals surface area contributed by atoms with Gasteiger partial charge in [-0.1, -0.05) is 22.9 Å². The Morgan fingerprint density at radius 2 is 2.00 bits per heavy atom. The molecule has 1 aliphatic rings. The third kappa shape index (κ3) is 7.49. The molecular weight excluding hydrogens is 497 g/mol. The van der Waals surface area contributed by atoms with E-state index in [9.17, 15) is 4.79 Å². The number of halogens is 2. The number of hydrogen-bond donors (Lipinski definition) is 3. The Bertz CT molecular complexity index is 567. The monoisotopic (exact) mass is 523 g/mol. The molecule has 25 heavy (non-hydrogen) atoms. The van der Waals surface area contributed by atoms with Crippen molar-refractivity contribution in [3.63, 3.8) is 0 Å². The van der Waals surface area contributed by atoms with Crippen molar-refractivity contribution in [3.8, 4) is 0 Å². The SMILES string of the molecule is CCN1CCCC1CN=C(N)NCCNC(=O)c1ccc(Br)cc1.I. The van der Waals surface area contributed by atoms with Crippen molar-refractivity contribution in [2.75, 3.05) is 32.7 Å². The number of amides is 1. The van der Waals surface area contributed by atoms with Gasteiger partial charge in [0.15, 0.2) is 5.96 Å². The second-order valence-electron chi connectivity index (χ2n) is 5.84. The molecule has 140 valence electrons. The van der Waals surface area contributed by atoms with Crippen LogP contribution in [0.2, 0.25) is 0 Å². The normalized spacial score (nSPS) is 17.8. The number of carbonyl (C=O) groups is 1. The summed E-state index contributed by atoms with van der Waals surface area (Å²) in [5, 5.41) is 5.89. The number of hydrogen-bond acceptors (Lipinski definition) is 3. The Morgan fingerprint density at radius 1 is 1.32 bits per heavy atom. The van der Waals surface area contributed by atoms with Gasteiger partial charge >= 0.3 is 0 Å². The summed E-state index contributed by atoms with van der Waals surface area (Å²) < 4.78 is 0.952. The average Bonchev–Trinajstić information content (AvgIpc) is 3.05. The molecule has 1 fully saturated rings. The number of likely N-dealkylation sites (tertiary alicyclic amines) is 1. The van der Waals surface area contributed by atoms with Crippen LogP contribution in [-0.2, 0) is 0 Å². The Kier molecular flexibility index (Phi) is 10.4. The van der Waals surface area contributed by atoms with Crippen molar-refractivity contribution >= 4 is 51.8 Å². The number of benzene rings is 1. The second kappa shape index (κ2) is 11.7. The fourth-order valence-electron chi connectivity index (χ4n) is 2.85. The number of nitrogens with one attached hydrogen (secondary N) is 2. The maximum absolute atomic E-state index is 11.9. The van der Waals surface area contributed by atoms with Gasteiger partial charge in [-0.05, 0) is 50.2 Å². The molecule has 1 aromatic carbocycles. The van der Waals surface area contributed by atoms with Crippen molar-refractivity contribution in [3.05, 3.63) is 34.3 Å². The molecule has 1 unspecified atom stereocenters. The smallest absolute Gasteiger partial charge is 0.251 e. The maximum atomic E-state index is 11.9. The lowest BCUT2D eigenvalue weighted by atomic mass is 10.2. The fraction of sp³-hybridized carbons (Fsp3) is 0.529. The highest BCUT2D eigenvalue weighted by Crippen LogP contribution is 2.16. The number of nitrogens with zero attached hydrogens (tertiary/aromatic N) is 2. The van der Waals surface area contributed by atoms with Crippen molar-refractivity contribution in [1.82, 2.24) is 15.5 Å². The minimum Gasteiger partial charge on any atom is -0.370 e. The number of carbonyl (C=O) groups excluding carboxylic acids is 1. The van der Waals surface area contributed by atoms with Gasteiger partial charge in [0, 0.05) is 29.2 Å². The predicted octanol–water partition coefficient (Wildman–Crippen LogP) is 2.19. The van der Waals surface area contributed by atoms with E-state index in [0.29, 0.717) is 30.7 Å². The van der Waals surface area contributed by atoms with Crippen molar-refractivity contribution in [2.45, 2.75) is 25.8 Å². The van der Waals surface area contributed by atoms with Gasteiger partial charge in [0.1, 0.15) is 0 Å². The van der Waals surface area contributed by atoms with Gasteiger partial charge in [-0.3, -0.25) is 14.7 Å². The van der Waals surface area contributed by atoms with Crippen LogP contribution in [0.3, 0.4) is 0 Å². The summed E-state index contributed by atoms with van der Waals surface area (Å²) in [5.41, 5.74) is 6.53. The summed E-state index contributed by atoms with van der Waals surface area (Å²) in [5.74, 6) is 0.347. The van der Waals surface area contributed by atoms with E-state index in [1.165, 1.54) is 12.8 Å². The molecule has 4 N–H and O–H groups in total. The Morgan fingerprint density at radius 3 is 2.68 bits per heavy atom. The van der Waals surface area contributed by atoms with Crippen molar-refractivity contribution in [1.29, 1.82) is 0 Å². The van der Waals surface area contributed by atoms with Crippen molar-refractivity contribution < 1.29 is 4.79 Å². The summed E-state index contributed by atoms with van der Waals surface area (Å²) in [7, 11) is 0. The van der Waals surface area contributed by atoms with Crippen LogP contribution in [0.25, 0.3) is 0 Å². The quantitative estimate of drug-likeness (QED) is 0.221. The maximum Gasteiger partial charge on any atom is 0.251 e. The van der Waals surface area contributed by atoms with Gasteiger partial charge in [-0.15, -0.1) is 24.0 Å². The minimum atomic E-state index is -0.0932. The first-order valence-corrected chi connectivity index (χ1v) is 9.21. The topological polar surface area (TPSA) is 82.8 Å². The molecule has 6 nitrogen and oxygen atoms in total. The van der Waals surface area contributed by atoms with E-state index in [2.05, 4.69) is 43.4 Å². The van der Waals surface area contributed by atoms with Crippen LogP contribution < -0.4 is 16.4 Å². The third-order valence-corrected chi connectivity index (χ3v) is 4.73. The first-order valence-electron chi connectivity index (χ1n) is 8.41. The Labute approximate surface area is 175 Å². The van der Waals surface area contributed by atoms with E-state index in [1.807, 2.05) is 12.1 Å². The van der Waals surface area contributed by atoms with Crippen LogP contribution in [0.15, 0.2) is 33.7 Å². The highest BCUT2D eigenvalue weighted by atomic mass is 127. The Hall–Kier alpha value is -0.870. The lowest BCUT2D eigenvalue weighted by Gasteiger charge is -2.20. The van der Waals surface area contributed by atoms with E-state index < -0.39 is 0 Å². The minimum absolute atomic E-state index is 0. The zero-order chi connectivity index (χ0) is 17.4. The molecule has 0 saturated carbocycles. The van der Waals surface area contributed by atoms with E-state index in [4.69, 9.17) is 5.73 Å². The first kappa shape index (κ1) is 22.2. The number of guanidine groups is 1. The summed E-state index contributed by atoms with van der Waals surface area (Å²) in [6.07, 6.45) is 2.43. The lowest BCUT2D eigenvalue weighted by molar-refractivity contribution is 0.0954. The molecule has 1 heterocycles. The van der Waals surface area contributed by atoms with Crippen LogP contribution in [-0.4, -0.2) is 55.5 Å². The van der Waals surface area contributed by atoms with Crippen LogP contribution in [0.4, 0.5) is 0 Å². The highest BCUT2D eigenvalue weighted by molar-refractivity contribution is 14.0. The van der Waals surface area contributed by atoms with Crippen LogP contribution in [0.1, 0.15) is 30.1 Å². The fourth-order valence-corrected chi connectivity index (χ4v) is 3.11. The number of nitrogens with two attached hydrogens (primary N) is 1. The lowest BCUT2D eigenvalue weighted by Crippen LogP contribution is -2.39. The molecule has 0 bridgehead atoms. The molecule has 1 saturated heterocycles. The standard InChI is InChI=1S/C17H26BrN5O.HI/c1-2-23-11-3-4-15(23)12-22-17(19)21-10-9-20-16(24)13-5-7-14(18)8-6-13;/h5-8,15H,2-4,9-12H2,1H3,(H,20,24)(H3,19,21,22);1H. The average molecular weight is 524 g/mol. The van der Waals surface area contributed by atoms with Gasteiger partial charge in [-0.2, -0.15) is 0 Å². The second-order valence-corrected chi connectivity index (χ2v) is 6.76. The van der Waals surface area contributed by atoms with E-state index in [1.54, 1.807) is 12.1 Å². The van der Waals surface area contributed by atoms with E-state index >= 15 is 0 Å². The first-order chi connectivity index (χ1) is 11.6. The van der Waals surface area contributed by atoms with Gasteiger partial charge in [0.05, 0.1) is 6.54 Å². The van der Waals surface area contributed by atoms with Gasteiger partial charge in [-0.25, -0.2) is 0 Å². The van der Waals surface area contributed by atoms with E-state index in [-0.39, 0.29) is 29.9 Å². The molecule has 0 radical (unpaired) electrons.